The molecule has 0 bridgehead atoms. The lowest BCUT2D eigenvalue weighted by molar-refractivity contribution is -0.118. The highest BCUT2D eigenvalue weighted by molar-refractivity contribution is 6.01. The average molecular weight is 346 g/mol. The molecule has 0 aliphatic heterocycles. The third-order valence-corrected chi connectivity index (χ3v) is 3.65. The molecule has 2 amide bonds. The minimum atomic E-state index is -0.732. The zero-order chi connectivity index (χ0) is 18.4. The fourth-order valence-corrected chi connectivity index (χ4v) is 2.27. The monoisotopic (exact) mass is 346 g/mol. The summed E-state index contributed by atoms with van der Waals surface area (Å²) in [5.41, 5.74) is 0.492. The third kappa shape index (κ3) is 4.53. The molecule has 1 aromatic carbocycles. The van der Waals surface area contributed by atoms with Crippen LogP contribution in [0.5, 0.6) is 11.5 Å². The number of ether oxygens (including phenoxy) is 2. The van der Waals surface area contributed by atoms with E-state index in [2.05, 4.69) is 10.6 Å². The Balaban J connectivity index is 2.14. The van der Waals surface area contributed by atoms with Crippen LogP contribution >= 0.6 is 0 Å². The Kier molecular flexibility index (Phi) is 6.05. The lowest BCUT2D eigenvalue weighted by atomic mass is 10.0. The van der Waals surface area contributed by atoms with Gasteiger partial charge in [0.05, 0.1) is 26.2 Å². The number of amides is 2. The Hall–Kier alpha value is -2.96. The largest absolute Gasteiger partial charge is 0.497 e. The Morgan fingerprint density at radius 3 is 2.44 bits per heavy atom. The van der Waals surface area contributed by atoms with Crippen LogP contribution < -0.4 is 20.1 Å². The van der Waals surface area contributed by atoms with Gasteiger partial charge in [0.1, 0.15) is 17.5 Å². The zero-order valence-corrected chi connectivity index (χ0v) is 14.7. The maximum absolute atomic E-state index is 12.6. The molecule has 1 heterocycles. The second-order valence-electron chi connectivity index (χ2n) is 5.73. The van der Waals surface area contributed by atoms with Gasteiger partial charge in [-0.15, -0.1) is 0 Å². The Morgan fingerprint density at radius 2 is 1.88 bits per heavy atom. The first-order valence-corrected chi connectivity index (χ1v) is 7.83. The van der Waals surface area contributed by atoms with Crippen molar-refractivity contribution < 1.29 is 23.5 Å². The molecule has 0 saturated heterocycles. The Bertz CT molecular complexity index is 725. The van der Waals surface area contributed by atoms with Crippen LogP contribution in [0.3, 0.4) is 0 Å². The molecule has 0 aliphatic carbocycles. The van der Waals surface area contributed by atoms with Crippen LogP contribution in [-0.4, -0.2) is 32.1 Å². The van der Waals surface area contributed by atoms with Crippen LogP contribution in [0.4, 0.5) is 5.69 Å². The smallest absolute Gasteiger partial charge is 0.287 e. The van der Waals surface area contributed by atoms with Gasteiger partial charge in [0.15, 0.2) is 5.76 Å². The summed E-state index contributed by atoms with van der Waals surface area (Å²) >= 11 is 0. The molecule has 25 heavy (non-hydrogen) atoms. The topological polar surface area (TPSA) is 89.8 Å². The molecule has 0 aliphatic rings. The number of methoxy groups -OCH3 is 2. The van der Waals surface area contributed by atoms with Crippen molar-refractivity contribution in [2.24, 2.45) is 5.92 Å². The van der Waals surface area contributed by atoms with E-state index < -0.39 is 11.9 Å². The van der Waals surface area contributed by atoms with Crippen LogP contribution in [0, 0.1) is 5.92 Å². The molecular formula is C18H22N2O5. The van der Waals surface area contributed by atoms with Gasteiger partial charge in [-0.1, -0.05) is 13.8 Å². The summed E-state index contributed by atoms with van der Waals surface area (Å²) in [6, 6.07) is 7.48. The van der Waals surface area contributed by atoms with Gasteiger partial charge >= 0.3 is 0 Å². The number of furan rings is 1. The Morgan fingerprint density at radius 1 is 1.12 bits per heavy atom. The molecule has 0 fully saturated rings. The first-order valence-electron chi connectivity index (χ1n) is 7.83. The van der Waals surface area contributed by atoms with Gasteiger partial charge in [0.2, 0.25) is 5.91 Å². The van der Waals surface area contributed by atoms with Crippen molar-refractivity contribution in [2.45, 2.75) is 19.9 Å². The number of hydrogen-bond acceptors (Lipinski definition) is 5. The van der Waals surface area contributed by atoms with E-state index in [1.54, 1.807) is 31.4 Å². The summed E-state index contributed by atoms with van der Waals surface area (Å²) in [4.78, 5) is 24.8. The molecule has 0 saturated carbocycles. The molecule has 2 rings (SSSR count). The predicted octanol–water partition coefficient (Wildman–Crippen LogP) is 2.69. The highest BCUT2D eigenvalue weighted by atomic mass is 16.5. The van der Waals surface area contributed by atoms with Crippen molar-refractivity contribution in [1.29, 1.82) is 0 Å². The van der Waals surface area contributed by atoms with Gasteiger partial charge in [-0.25, -0.2) is 0 Å². The van der Waals surface area contributed by atoms with Crippen LogP contribution in [0.25, 0.3) is 0 Å². The summed E-state index contributed by atoms with van der Waals surface area (Å²) in [6.45, 7) is 3.69. The maximum atomic E-state index is 12.6. The molecule has 0 unspecified atom stereocenters. The summed E-state index contributed by atoms with van der Waals surface area (Å²) < 4.78 is 15.5. The van der Waals surface area contributed by atoms with Gasteiger partial charge in [0, 0.05) is 6.07 Å². The molecule has 2 aromatic rings. The van der Waals surface area contributed by atoms with Crippen molar-refractivity contribution in [3.8, 4) is 11.5 Å². The molecular weight excluding hydrogens is 324 g/mol. The lowest BCUT2D eigenvalue weighted by Crippen LogP contribution is -2.47. The van der Waals surface area contributed by atoms with E-state index in [1.165, 1.54) is 19.4 Å². The molecule has 0 spiro atoms. The summed E-state index contributed by atoms with van der Waals surface area (Å²) in [5, 5.41) is 5.47. The number of anilines is 1. The van der Waals surface area contributed by atoms with Gasteiger partial charge < -0.3 is 24.5 Å². The van der Waals surface area contributed by atoms with Crippen molar-refractivity contribution in [3.63, 3.8) is 0 Å². The molecule has 2 N–H and O–H groups in total. The lowest BCUT2D eigenvalue weighted by Gasteiger charge is -2.22. The standard InChI is InChI=1S/C18H22N2O5/c1-11(2)16(20-17(21)14-6-5-9-25-14)18(22)19-13-8-7-12(23-3)10-15(13)24-4/h5-11,16H,1-4H3,(H,19,22)(H,20,21)/t16-/m0/s1. The van der Waals surface area contributed by atoms with Gasteiger partial charge in [-0.05, 0) is 30.2 Å². The van der Waals surface area contributed by atoms with Crippen molar-refractivity contribution in [3.05, 3.63) is 42.4 Å². The van der Waals surface area contributed by atoms with E-state index in [4.69, 9.17) is 13.9 Å². The predicted molar refractivity (Wildman–Crippen MR) is 93.0 cm³/mol. The van der Waals surface area contributed by atoms with E-state index in [-0.39, 0.29) is 17.6 Å². The van der Waals surface area contributed by atoms with Crippen LogP contribution in [0.2, 0.25) is 0 Å². The minimum Gasteiger partial charge on any atom is -0.497 e. The maximum Gasteiger partial charge on any atom is 0.287 e. The quantitative estimate of drug-likeness (QED) is 0.804. The normalized spacial score (nSPS) is 11.7. The summed E-state index contributed by atoms with van der Waals surface area (Å²) in [7, 11) is 3.05. The van der Waals surface area contributed by atoms with Crippen molar-refractivity contribution >= 4 is 17.5 Å². The third-order valence-electron chi connectivity index (χ3n) is 3.65. The molecule has 0 radical (unpaired) electrons. The molecule has 134 valence electrons. The number of hydrogen-bond donors (Lipinski definition) is 2. The van der Waals surface area contributed by atoms with E-state index >= 15 is 0 Å². The average Bonchev–Trinajstić information content (AvgIpc) is 3.14. The van der Waals surface area contributed by atoms with E-state index in [0.717, 1.165) is 0 Å². The number of benzene rings is 1. The fraction of sp³-hybridized carbons (Fsp3) is 0.333. The highest BCUT2D eigenvalue weighted by Crippen LogP contribution is 2.29. The summed E-state index contributed by atoms with van der Waals surface area (Å²) in [5.74, 6) is 0.316. The van der Waals surface area contributed by atoms with E-state index in [9.17, 15) is 9.59 Å². The molecule has 7 heteroatoms. The SMILES string of the molecule is COc1ccc(NC(=O)[C@@H](NC(=O)c2ccco2)C(C)C)c(OC)c1. The van der Waals surface area contributed by atoms with Gasteiger partial charge in [-0.3, -0.25) is 9.59 Å². The van der Waals surface area contributed by atoms with Crippen molar-refractivity contribution in [2.75, 3.05) is 19.5 Å². The minimum absolute atomic E-state index is 0.122. The first-order chi connectivity index (χ1) is 12.0. The van der Waals surface area contributed by atoms with Gasteiger partial charge in [0.25, 0.3) is 5.91 Å². The summed E-state index contributed by atoms with van der Waals surface area (Å²) in [6.07, 6.45) is 1.40. The van der Waals surface area contributed by atoms with Crippen LogP contribution in [0.1, 0.15) is 24.4 Å². The van der Waals surface area contributed by atoms with Crippen LogP contribution in [0.15, 0.2) is 41.0 Å². The first kappa shape index (κ1) is 18.4. The van der Waals surface area contributed by atoms with Gasteiger partial charge in [-0.2, -0.15) is 0 Å². The number of carbonyl (C=O) groups excluding carboxylic acids is 2. The second kappa shape index (κ2) is 8.23. The van der Waals surface area contributed by atoms with Crippen molar-refractivity contribution in [1.82, 2.24) is 5.32 Å². The molecule has 7 nitrogen and oxygen atoms in total. The number of rotatable bonds is 7. The molecule has 1 atom stereocenters. The van der Waals surface area contributed by atoms with E-state index in [0.29, 0.717) is 17.2 Å². The number of carbonyl (C=O) groups is 2. The number of nitrogens with one attached hydrogen (secondary N) is 2. The molecule has 1 aromatic heterocycles. The fourth-order valence-electron chi connectivity index (χ4n) is 2.27. The highest BCUT2D eigenvalue weighted by Gasteiger charge is 2.26. The van der Waals surface area contributed by atoms with E-state index in [1.807, 2.05) is 13.8 Å². The second-order valence-corrected chi connectivity index (χ2v) is 5.73. The Labute approximate surface area is 146 Å². The zero-order valence-electron chi connectivity index (χ0n) is 14.7. The van der Waals surface area contributed by atoms with Crippen LogP contribution in [-0.2, 0) is 4.79 Å².